The molecule has 0 bridgehead atoms. The van der Waals surface area contributed by atoms with Crippen LogP contribution in [-0.2, 0) is 9.59 Å². The van der Waals surface area contributed by atoms with Crippen molar-refractivity contribution in [2.24, 2.45) is 5.41 Å². The molecule has 0 aromatic carbocycles. The summed E-state index contributed by atoms with van der Waals surface area (Å²) in [5.41, 5.74) is 0.0972. The number of aliphatic hydroxyl groups is 1. The van der Waals surface area contributed by atoms with E-state index in [1.807, 2.05) is 20.8 Å². The van der Waals surface area contributed by atoms with Crippen LogP contribution in [0.5, 0.6) is 0 Å². The van der Waals surface area contributed by atoms with Gasteiger partial charge in [0, 0.05) is 6.61 Å². The van der Waals surface area contributed by atoms with Crippen LogP contribution in [0.3, 0.4) is 0 Å². The standard InChI is InChI=1S/C5H12O.CO2/c1-5(2,3)4-6;2-1-3/h6H,4H2,1-3H3;. The maximum Gasteiger partial charge on any atom is 0.373 e. The SMILES string of the molecule is CC(C)(C)CO.O=C=O. The van der Waals surface area contributed by atoms with E-state index in [0.29, 0.717) is 0 Å². The van der Waals surface area contributed by atoms with Crippen molar-refractivity contribution < 1.29 is 14.7 Å². The maximum absolute atomic E-state index is 8.40. The topological polar surface area (TPSA) is 54.4 Å². The van der Waals surface area contributed by atoms with Gasteiger partial charge in [-0.2, -0.15) is 9.59 Å². The third-order valence-corrected chi connectivity index (χ3v) is 0.474. The van der Waals surface area contributed by atoms with Crippen LogP contribution in [0, 0.1) is 5.41 Å². The van der Waals surface area contributed by atoms with E-state index < -0.39 is 0 Å². The van der Waals surface area contributed by atoms with E-state index in [1.165, 1.54) is 0 Å². The third-order valence-electron chi connectivity index (χ3n) is 0.474. The fourth-order valence-corrected chi connectivity index (χ4v) is 0. The summed E-state index contributed by atoms with van der Waals surface area (Å²) in [6.45, 7) is 6.25. The van der Waals surface area contributed by atoms with Crippen molar-refractivity contribution in [3.05, 3.63) is 0 Å². The molecule has 0 fully saturated rings. The first kappa shape index (κ1) is 11.2. The predicted molar refractivity (Wildman–Crippen MR) is 31.5 cm³/mol. The summed E-state index contributed by atoms with van der Waals surface area (Å²) in [6.07, 6.45) is 0.250. The van der Waals surface area contributed by atoms with Crippen molar-refractivity contribution in [1.82, 2.24) is 0 Å². The molecular weight excluding hydrogens is 120 g/mol. The van der Waals surface area contributed by atoms with E-state index in [4.69, 9.17) is 14.7 Å². The number of hydrogen-bond acceptors (Lipinski definition) is 3. The van der Waals surface area contributed by atoms with Crippen molar-refractivity contribution >= 4 is 6.15 Å². The van der Waals surface area contributed by atoms with Crippen LogP contribution in [0.2, 0.25) is 0 Å². The van der Waals surface area contributed by atoms with Crippen molar-refractivity contribution in [1.29, 1.82) is 0 Å². The Labute approximate surface area is 54.7 Å². The van der Waals surface area contributed by atoms with Gasteiger partial charge in [0.1, 0.15) is 0 Å². The Hall–Kier alpha value is -0.660. The lowest BCUT2D eigenvalue weighted by Crippen LogP contribution is -2.09. The quantitative estimate of drug-likeness (QED) is 0.520. The molecule has 0 atom stereocenters. The number of hydrogen-bond donors (Lipinski definition) is 1. The smallest absolute Gasteiger partial charge is 0.373 e. The van der Waals surface area contributed by atoms with Gasteiger partial charge >= 0.3 is 6.15 Å². The zero-order valence-corrected chi connectivity index (χ0v) is 5.97. The number of carbonyl (C=O) groups excluding carboxylic acids is 2. The van der Waals surface area contributed by atoms with Crippen LogP contribution in [0.25, 0.3) is 0 Å². The molecule has 1 N–H and O–H groups in total. The van der Waals surface area contributed by atoms with E-state index in [0.717, 1.165) is 0 Å². The van der Waals surface area contributed by atoms with Crippen LogP contribution in [0.15, 0.2) is 0 Å². The molecule has 0 radical (unpaired) electrons. The van der Waals surface area contributed by atoms with Crippen LogP contribution in [0.4, 0.5) is 0 Å². The van der Waals surface area contributed by atoms with Gasteiger partial charge in [-0.1, -0.05) is 20.8 Å². The summed E-state index contributed by atoms with van der Waals surface area (Å²) >= 11 is 0. The number of aliphatic hydroxyl groups excluding tert-OH is 1. The normalized spacial score (nSPS) is 8.89. The zero-order chi connectivity index (χ0) is 7.91. The molecule has 0 amide bonds. The van der Waals surface area contributed by atoms with E-state index in [9.17, 15) is 0 Å². The monoisotopic (exact) mass is 132 g/mol. The second-order valence-corrected chi connectivity index (χ2v) is 2.80. The highest BCUT2D eigenvalue weighted by Crippen LogP contribution is 2.09. The van der Waals surface area contributed by atoms with Gasteiger partial charge in [-0.05, 0) is 5.41 Å². The average Bonchev–Trinajstić information content (AvgIpc) is 1.67. The summed E-state index contributed by atoms with van der Waals surface area (Å²) in [6, 6.07) is 0. The highest BCUT2D eigenvalue weighted by Gasteiger charge is 2.05. The lowest BCUT2D eigenvalue weighted by atomic mass is 9.99. The minimum absolute atomic E-state index is 0.0972. The first-order valence-electron chi connectivity index (χ1n) is 2.58. The molecule has 0 spiro atoms. The molecule has 9 heavy (non-hydrogen) atoms. The molecule has 0 aliphatic heterocycles. The van der Waals surface area contributed by atoms with Gasteiger partial charge < -0.3 is 5.11 Å². The first-order valence-corrected chi connectivity index (χ1v) is 2.58. The molecule has 0 saturated heterocycles. The molecule has 0 aromatic heterocycles. The summed E-state index contributed by atoms with van der Waals surface area (Å²) in [5.74, 6) is 0. The predicted octanol–water partition coefficient (Wildman–Crippen LogP) is 0.441. The Bertz CT molecular complexity index is 85.0. The minimum Gasteiger partial charge on any atom is -0.396 e. The molecule has 0 rings (SSSR count). The summed E-state index contributed by atoms with van der Waals surface area (Å²) in [5, 5.41) is 8.40. The fraction of sp³-hybridized carbons (Fsp3) is 0.833. The van der Waals surface area contributed by atoms with Crippen LogP contribution in [0.1, 0.15) is 20.8 Å². The van der Waals surface area contributed by atoms with Crippen LogP contribution >= 0.6 is 0 Å². The molecular formula is C6H12O3. The number of rotatable bonds is 0. The Morgan fingerprint density at radius 3 is 1.44 bits per heavy atom. The Balaban J connectivity index is 0. The lowest BCUT2D eigenvalue weighted by Gasteiger charge is -2.11. The molecule has 3 heteroatoms. The third kappa shape index (κ3) is 38.2. The van der Waals surface area contributed by atoms with E-state index in [2.05, 4.69) is 0 Å². The lowest BCUT2D eigenvalue weighted by molar-refractivity contribution is -0.191. The molecule has 54 valence electrons. The van der Waals surface area contributed by atoms with Crippen molar-refractivity contribution in [2.45, 2.75) is 20.8 Å². The van der Waals surface area contributed by atoms with Gasteiger partial charge in [0.05, 0.1) is 0 Å². The summed E-state index contributed by atoms with van der Waals surface area (Å²) in [7, 11) is 0. The molecule has 0 aromatic rings. The molecule has 0 heterocycles. The molecule has 3 nitrogen and oxygen atoms in total. The van der Waals surface area contributed by atoms with Gasteiger partial charge in [0.2, 0.25) is 0 Å². The second kappa shape index (κ2) is 5.48. The highest BCUT2D eigenvalue weighted by molar-refractivity contribution is 5.20. The van der Waals surface area contributed by atoms with Crippen LogP contribution < -0.4 is 0 Å². The first-order chi connectivity index (χ1) is 3.97. The molecule has 0 aliphatic carbocycles. The van der Waals surface area contributed by atoms with Crippen molar-refractivity contribution in [3.63, 3.8) is 0 Å². The van der Waals surface area contributed by atoms with Crippen LogP contribution in [-0.4, -0.2) is 17.9 Å². The maximum atomic E-state index is 8.40. The second-order valence-electron chi connectivity index (χ2n) is 2.80. The molecule has 0 aliphatic rings. The van der Waals surface area contributed by atoms with Gasteiger partial charge in [-0.3, -0.25) is 0 Å². The van der Waals surface area contributed by atoms with Gasteiger partial charge in [0.15, 0.2) is 0 Å². The van der Waals surface area contributed by atoms with Gasteiger partial charge in [-0.15, -0.1) is 0 Å². The fourth-order valence-electron chi connectivity index (χ4n) is 0. The molecule has 0 unspecified atom stereocenters. The van der Waals surface area contributed by atoms with E-state index in [1.54, 1.807) is 0 Å². The summed E-state index contributed by atoms with van der Waals surface area (Å²) in [4.78, 5) is 16.2. The van der Waals surface area contributed by atoms with E-state index in [-0.39, 0.29) is 18.2 Å². The largest absolute Gasteiger partial charge is 0.396 e. The van der Waals surface area contributed by atoms with Crippen molar-refractivity contribution in [2.75, 3.05) is 6.61 Å². The summed E-state index contributed by atoms with van der Waals surface area (Å²) < 4.78 is 0. The minimum atomic E-state index is 0.0972. The van der Waals surface area contributed by atoms with Crippen molar-refractivity contribution in [3.8, 4) is 0 Å². The molecule has 0 saturated carbocycles. The highest BCUT2D eigenvalue weighted by atomic mass is 16.3. The zero-order valence-electron chi connectivity index (χ0n) is 5.97. The average molecular weight is 132 g/mol. The van der Waals surface area contributed by atoms with E-state index >= 15 is 0 Å². The van der Waals surface area contributed by atoms with Gasteiger partial charge in [0.25, 0.3) is 0 Å². The Kier molecular flexibility index (Phi) is 6.80. The Morgan fingerprint density at radius 1 is 1.33 bits per heavy atom. The Morgan fingerprint density at radius 2 is 1.44 bits per heavy atom. The van der Waals surface area contributed by atoms with Gasteiger partial charge in [-0.25, -0.2) is 0 Å².